The number of carbonyl (C=O) groups excluding carboxylic acids is 3. The van der Waals surface area contributed by atoms with Crippen LogP contribution in [0.1, 0.15) is 56.6 Å². The second kappa shape index (κ2) is 10.1. The molecule has 4 saturated carbocycles. The first-order valence-electron chi connectivity index (χ1n) is 13.5. The Morgan fingerprint density at radius 2 is 1.77 bits per heavy atom. The number of ether oxygens (including phenoxy) is 1. The lowest BCUT2D eigenvalue weighted by Gasteiger charge is -2.57. The van der Waals surface area contributed by atoms with Crippen molar-refractivity contribution in [3.63, 3.8) is 0 Å². The maximum absolute atomic E-state index is 13.9. The van der Waals surface area contributed by atoms with Crippen molar-refractivity contribution < 1.29 is 27.9 Å². The fraction of sp³-hybridized carbons (Fsp3) is 0.433. The summed E-state index contributed by atoms with van der Waals surface area (Å²) in [5.41, 5.74) is 1.95. The maximum Gasteiger partial charge on any atom is 0.294 e. The van der Waals surface area contributed by atoms with Gasteiger partial charge in [0.15, 0.2) is 0 Å². The van der Waals surface area contributed by atoms with Crippen LogP contribution in [0.15, 0.2) is 41.3 Å². The van der Waals surface area contributed by atoms with Crippen LogP contribution >= 0.6 is 11.8 Å². The molecule has 9 heteroatoms. The quantitative estimate of drug-likeness (QED) is 0.397. The lowest BCUT2D eigenvalue weighted by molar-refractivity contribution is -0.127. The van der Waals surface area contributed by atoms with Crippen molar-refractivity contribution in [3.8, 4) is 5.75 Å². The van der Waals surface area contributed by atoms with E-state index in [4.69, 9.17) is 4.74 Å². The molecule has 0 aromatic heterocycles. The van der Waals surface area contributed by atoms with Crippen LogP contribution in [0.5, 0.6) is 5.75 Å². The summed E-state index contributed by atoms with van der Waals surface area (Å²) in [6.07, 6.45) is 9.32. The maximum atomic E-state index is 13.9. The molecule has 6 nitrogen and oxygen atoms in total. The summed E-state index contributed by atoms with van der Waals surface area (Å²) in [6, 6.07) is 9.00. The molecule has 39 heavy (non-hydrogen) atoms. The first kappa shape index (κ1) is 26.0. The molecular formula is C30H30F2N2O4S. The topological polar surface area (TPSA) is 75.7 Å². The number of amides is 3. The predicted octanol–water partition coefficient (Wildman–Crippen LogP) is 6.51. The van der Waals surface area contributed by atoms with E-state index in [1.54, 1.807) is 6.08 Å². The molecule has 5 fully saturated rings. The van der Waals surface area contributed by atoms with Crippen molar-refractivity contribution in [2.75, 3.05) is 18.5 Å². The minimum atomic E-state index is -0.945. The molecular weight excluding hydrogens is 522 g/mol. The number of hydrogen-bond donors (Lipinski definition) is 1. The summed E-state index contributed by atoms with van der Waals surface area (Å²) in [4.78, 5) is 39.4. The van der Waals surface area contributed by atoms with Crippen LogP contribution in [-0.2, 0) is 15.0 Å². The number of halogens is 2. The summed E-state index contributed by atoms with van der Waals surface area (Å²) in [7, 11) is 0. The van der Waals surface area contributed by atoms with Gasteiger partial charge in [0.25, 0.3) is 11.1 Å². The third-order valence-corrected chi connectivity index (χ3v) is 9.53. The molecule has 0 spiro atoms. The normalized spacial score (nSPS) is 28.4. The summed E-state index contributed by atoms with van der Waals surface area (Å²) >= 11 is 0.761. The van der Waals surface area contributed by atoms with Gasteiger partial charge in [0.2, 0.25) is 5.91 Å². The number of anilines is 1. The Balaban J connectivity index is 1.23. The summed E-state index contributed by atoms with van der Waals surface area (Å²) in [6.45, 7) is 1.77. The number of rotatable bonds is 7. The van der Waals surface area contributed by atoms with Crippen LogP contribution in [0.25, 0.3) is 6.08 Å². The zero-order valence-electron chi connectivity index (χ0n) is 21.7. The number of nitrogens with zero attached hydrogens (tertiary/aromatic N) is 1. The largest absolute Gasteiger partial charge is 0.493 e. The SMILES string of the molecule is CCOc1ccc(C23CC4CC(CC(C4)C2)C3)cc1/C=C1/SC(=O)N(CC(=O)Nc2ccc(F)cc2F)C1=O. The van der Waals surface area contributed by atoms with Gasteiger partial charge in [0, 0.05) is 11.6 Å². The minimum Gasteiger partial charge on any atom is -0.493 e. The van der Waals surface area contributed by atoms with E-state index in [2.05, 4.69) is 17.4 Å². The molecule has 1 aliphatic heterocycles. The van der Waals surface area contributed by atoms with E-state index in [0.29, 0.717) is 18.4 Å². The van der Waals surface area contributed by atoms with E-state index in [1.165, 1.54) is 44.1 Å². The van der Waals surface area contributed by atoms with Crippen LogP contribution in [-0.4, -0.2) is 35.1 Å². The number of carbonyl (C=O) groups is 3. The highest BCUT2D eigenvalue weighted by molar-refractivity contribution is 8.18. The van der Waals surface area contributed by atoms with Gasteiger partial charge >= 0.3 is 0 Å². The van der Waals surface area contributed by atoms with E-state index in [9.17, 15) is 23.2 Å². The van der Waals surface area contributed by atoms with E-state index in [-0.39, 0.29) is 16.0 Å². The number of thioether (sulfide) groups is 1. The van der Waals surface area contributed by atoms with Crippen molar-refractivity contribution in [1.29, 1.82) is 0 Å². The van der Waals surface area contributed by atoms with E-state index < -0.39 is 35.2 Å². The van der Waals surface area contributed by atoms with Gasteiger partial charge in [-0.3, -0.25) is 19.3 Å². The number of benzene rings is 2. The van der Waals surface area contributed by atoms with Crippen molar-refractivity contribution >= 4 is 40.6 Å². The molecule has 4 aliphatic carbocycles. The Morgan fingerprint density at radius 3 is 2.41 bits per heavy atom. The average Bonchev–Trinajstić information content (AvgIpc) is 3.13. The average molecular weight is 553 g/mol. The molecule has 7 rings (SSSR count). The Labute approximate surface area is 230 Å². The molecule has 4 bridgehead atoms. The standard InChI is InChI=1S/C30H30F2N2O4S/c1-2-38-25-6-3-21(30-13-17-7-18(14-30)9-19(8-17)15-30)10-20(25)11-26-28(36)34(29(37)39-26)16-27(35)33-24-5-4-22(31)12-23(24)32/h3-6,10-12,17-19H,2,7-9,13-16H2,1H3,(H,33,35)/b26-11+. The van der Waals surface area contributed by atoms with Crippen LogP contribution < -0.4 is 10.1 Å². The van der Waals surface area contributed by atoms with Crippen LogP contribution in [0.2, 0.25) is 0 Å². The monoisotopic (exact) mass is 552 g/mol. The Bertz CT molecular complexity index is 1360. The smallest absolute Gasteiger partial charge is 0.294 e. The van der Waals surface area contributed by atoms with E-state index >= 15 is 0 Å². The first-order chi connectivity index (χ1) is 18.7. The van der Waals surface area contributed by atoms with Gasteiger partial charge in [-0.2, -0.15) is 0 Å². The van der Waals surface area contributed by atoms with Crippen molar-refractivity contribution in [1.82, 2.24) is 4.90 Å². The molecule has 0 unspecified atom stereocenters. The van der Waals surface area contributed by atoms with Gasteiger partial charge in [-0.25, -0.2) is 8.78 Å². The third-order valence-electron chi connectivity index (χ3n) is 8.63. The minimum absolute atomic E-state index is 0.162. The highest BCUT2D eigenvalue weighted by Crippen LogP contribution is 2.61. The van der Waals surface area contributed by atoms with Gasteiger partial charge in [-0.05, 0) is 116 Å². The summed E-state index contributed by atoms with van der Waals surface area (Å²) in [5.74, 6) is -0.0699. The van der Waals surface area contributed by atoms with Gasteiger partial charge in [0.1, 0.15) is 23.9 Å². The van der Waals surface area contributed by atoms with Gasteiger partial charge in [0.05, 0.1) is 17.2 Å². The number of imide groups is 1. The number of hydrogen-bond acceptors (Lipinski definition) is 5. The zero-order chi connectivity index (χ0) is 27.3. The van der Waals surface area contributed by atoms with E-state index in [1.807, 2.05) is 13.0 Å². The van der Waals surface area contributed by atoms with Gasteiger partial charge < -0.3 is 10.1 Å². The highest BCUT2D eigenvalue weighted by Gasteiger charge is 2.51. The molecule has 2 aromatic carbocycles. The Morgan fingerprint density at radius 1 is 1.08 bits per heavy atom. The van der Waals surface area contributed by atoms with Crippen LogP contribution in [0, 0.1) is 29.4 Å². The summed E-state index contributed by atoms with van der Waals surface area (Å²) < 4.78 is 33.0. The molecule has 5 aliphatic rings. The van der Waals surface area contributed by atoms with Crippen molar-refractivity contribution in [2.24, 2.45) is 17.8 Å². The van der Waals surface area contributed by atoms with Gasteiger partial charge in [-0.1, -0.05) is 6.07 Å². The lowest BCUT2D eigenvalue weighted by Crippen LogP contribution is -2.48. The fourth-order valence-corrected chi connectivity index (χ4v) is 8.27. The van der Waals surface area contributed by atoms with Crippen LogP contribution in [0.3, 0.4) is 0 Å². The van der Waals surface area contributed by atoms with Crippen molar-refractivity contribution in [2.45, 2.75) is 50.9 Å². The Hall–Kier alpha value is -3.20. The molecule has 204 valence electrons. The second-order valence-electron chi connectivity index (χ2n) is 11.3. The van der Waals surface area contributed by atoms with Gasteiger partial charge in [-0.15, -0.1) is 0 Å². The summed E-state index contributed by atoms with van der Waals surface area (Å²) in [5, 5.41) is 1.70. The van der Waals surface area contributed by atoms with Crippen molar-refractivity contribution in [3.05, 3.63) is 64.1 Å². The molecule has 1 N–H and O–H groups in total. The highest BCUT2D eigenvalue weighted by atomic mass is 32.2. The number of nitrogens with one attached hydrogen (secondary N) is 1. The molecule has 3 amide bonds. The lowest BCUT2D eigenvalue weighted by atomic mass is 9.48. The molecule has 0 atom stereocenters. The fourth-order valence-electron chi connectivity index (χ4n) is 7.44. The second-order valence-corrected chi connectivity index (χ2v) is 12.3. The molecule has 1 heterocycles. The molecule has 0 radical (unpaired) electrons. The predicted molar refractivity (Wildman–Crippen MR) is 145 cm³/mol. The third kappa shape index (κ3) is 4.97. The van der Waals surface area contributed by atoms with Crippen LogP contribution in [0.4, 0.5) is 19.3 Å². The molecule has 2 aromatic rings. The first-order valence-corrected chi connectivity index (χ1v) is 14.3. The zero-order valence-corrected chi connectivity index (χ0v) is 22.5. The van der Waals surface area contributed by atoms with E-state index in [0.717, 1.165) is 52.1 Å². The molecule has 1 saturated heterocycles. The Kier molecular flexibility index (Phi) is 6.73.